The number of aromatic nitrogens is 6. The monoisotopic (exact) mass is 346 g/mol. The lowest BCUT2D eigenvalue weighted by atomic mass is 10.2. The molecule has 0 spiro atoms. The van der Waals surface area contributed by atoms with Crippen LogP contribution in [0, 0.1) is 6.92 Å². The number of nitrogens with zero attached hydrogens (tertiary/aromatic N) is 7. The van der Waals surface area contributed by atoms with Gasteiger partial charge in [0.1, 0.15) is 0 Å². The van der Waals surface area contributed by atoms with Crippen molar-refractivity contribution in [3.8, 4) is 5.69 Å². The fourth-order valence-electron chi connectivity index (χ4n) is 3.36. The molecule has 3 aromatic heterocycles. The fraction of sp³-hybridized carbons (Fsp3) is 0.278. The second-order valence-electron chi connectivity index (χ2n) is 6.70. The van der Waals surface area contributed by atoms with Crippen LogP contribution in [-0.4, -0.2) is 49.1 Å². The van der Waals surface area contributed by atoms with Crippen molar-refractivity contribution in [2.45, 2.75) is 19.4 Å². The van der Waals surface area contributed by atoms with Gasteiger partial charge in [0.2, 0.25) is 5.95 Å². The summed E-state index contributed by atoms with van der Waals surface area (Å²) in [6, 6.07) is 10.3. The van der Waals surface area contributed by atoms with Crippen molar-refractivity contribution >= 4 is 28.0 Å². The minimum absolute atomic E-state index is 0.175. The number of fused-ring (bicyclic) bond motifs is 2. The van der Waals surface area contributed by atoms with E-state index in [9.17, 15) is 0 Å². The van der Waals surface area contributed by atoms with Crippen LogP contribution >= 0.6 is 0 Å². The summed E-state index contributed by atoms with van der Waals surface area (Å²) in [6.07, 6.45) is 2.67. The maximum atomic E-state index is 6.01. The molecule has 0 amide bonds. The highest BCUT2D eigenvalue weighted by atomic mass is 15.5. The van der Waals surface area contributed by atoms with Crippen molar-refractivity contribution in [3.63, 3.8) is 0 Å². The number of aryl methyl sites for hydroxylation is 1. The first-order valence-corrected chi connectivity index (χ1v) is 8.64. The summed E-state index contributed by atoms with van der Waals surface area (Å²) in [5.41, 5.74) is 10.2. The van der Waals surface area contributed by atoms with E-state index in [1.165, 1.54) is 0 Å². The zero-order chi connectivity index (χ0) is 17.7. The van der Waals surface area contributed by atoms with Gasteiger partial charge >= 0.3 is 0 Å². The van der Waals surface area contributed by atoms with E-state index in [1.807, 2.05) is 31.2 Å². The summed E-state index contributed by atoms with van der Waals surface area (Å²) < 4.78 is 1.75. The second-order valence-corrected chi connectivity index (χ2v) is 6.70. The number of nitrogens with two attached hydrogens (primary N) is 1. The first-order valence-electron chi connectivity index (χ1n) is 8.64. The highest BCUT2D eigenvalue weighted by Gasteiger charge is 2.22. The molecule has 4 heterocycles. The average Bonchev–Trinajstić information content (AvgIpc) is 3.27. The third-order valence-corrected chi connectivity index (χ3v) is 4.74. The molecule has 8 nitrogen and oxygen atoms in total. The molecule has 4 aromatic rings. The van der Waals surface area contributed by atoms with Gasteiger partial charge in [-0.05, 0) is 37.6 Å². The quantitative estimate of drug-likeness (QED) is 0.588. The van der Waals surface area contributed by atoms with Gasteiger partial charge in [-0.3, -0.25) is 4.98 Å². The standard InChI is InChI=1S/C18H18N8/c1-11-2-3-12-8-14(4-5-15(12)21-11)26-17-16(23-24-26)9-20-18(22-17)25-7-6-13(19)10-25/h2-5,8-9,13H,6-7,10,19H2,1H3/t13-/m1/s1. The molecular formula is C18H18N8. The van der Waals surface area contributed by atoms with Crippen molar-refractivity contribution in [3.05, 3.63) is 42.2 Å². The van der Waals surface area contributed by atoms with Gasteiger partial charge in [-0.15, -0.1) is 5.10 Å². The minimum atomic E-state index is 0.175. The van der Waals surface area contributed by atoms with Crippen LogP contribution in [0.3, 0.4) is 0 Å². The zero-order valence-electron chi connectivity index (χ0n) is 14.4. The predicted octanol–water partition coefficient (Wildman–Crippen LogP) is 1.60. The Morgan fingerprint density at radius 3 is 2.88 bits per heavy atom. The largest absolute Gasteiger partial charge is 0.339 e. The number of anilines is 1. The fourth-order valence-corrected chi connectivity index (χ4v) is 3.36. The van der Waals surface area contributed by atoms with Crippen LogP contribution in [0.5, 0.6) is 0 Å². The van der Waals surface area contributed by atoms with Crippen LogP contribution < -0.4 is 10.6 Å². The Labute approximate surface area is 149 Å². The SMILES string of the molecule is Cc1ccc2cc(-n3nnc4cnc(N5CC[C@@H](N)C5)nc43)ccc2n1. The molecule has 1 aliphatic rings. The number of pyridine rings is 1. The van der Waals surface area contributed by atoms with E-state index in [1.54, 1.807) is 10.9 Å². The van der Waals surface area contributed by atoms with E-state index in [0.717, 1.165) is 41.8 Å². The Bertz CT molecular complexity index is 1120. The van der Waals surface area contributed by atoms with Gasteiger partial charge in [0, 0.05) is 30.2 Å². The maximum Gasteiger partial charge on any atom is 0.227 e. The lowest BCUT2D eigenvalue weighted by Gasteiger charge is -2.15. The lowest BCUT2D eigenvalue weighted by molar-refractivity contribution is 0.750. The normalized spacial score (nSPS) is 17.5. The first kappa shape index (κ1) is 15.2. The summed E-state index contributed by atoms with van der Waals surface area (Å²) in [6.45, 7) is 3.63. The van der Waals surface area contributed by atoms with E-state index in [0.29, 0.717) is 17.1 Å². The van der Waals surface area contributed by atoms with Gasteiger partial charge in [0.25, 0.3) is 0 Å². The van der Waals surface area contributed by atoms with E-state index in [2.05, 4.69) is 31.2 Å². The number of benzene rings is 1. The van der Waals surface area contributed by atoms with Crippen LogP contribution in [0.25, 0.3) is 27.8 Å². The van der Waals surface area contributed by atoms with Crippen LogP contribution in [0.1, 0.15) is 12.1 Å². The van der Waals surface area contributed by atoms with Gasteiger partial charge in [0.05, 0.1) is 17.4 Å². The smallest absolute Gasteiger partial charge is 0.227 e. The Balaban J connectivity index is 1.61. The molecule has 1 fully saturated rings. The van der Waals surface area contributed by atoms with Crippen LogP contribution in [-0.2, 0) is 0 Å². The van der Waals surface area contributed by atoms with E-state index < -0.39 is 0 Å². The number of hydrogen-bond donors (Lipinski definition) is 1. The summed E-state index contributed by atoms with van der Waals surface area (Å²) in [7, 11) is 0. The molecule has 130 valence electrons. The minimum Gasteiger partial charge on any atom is -0.339 e. The summed E-state index contributed by atoms with van der Waals surface area (Å²) in [4.78, 5) is 15.8. The topological polar surface area (TPSA) is 98.6 Å². The van der Waals surface area contributed by atoms with E-state index in [4.69, 9.17) is 10.7 Å². The third-order valence-electron chi connectivity index (χ3n) is 4.74. The summed E-state index contributed by atoms with van der Waals surface area (Å²) >= 11 is 0. The first-order chi connectivity index (χ1) is 12.7. The molecule has 1 aliphatic heterocycles. The van der Waals surface area contributed by atoms with Gasteiger partial charge in [-0.2, -0.15) is 9.67 Å². The third kappa shape index (κ3) is 2.46. The maximum absolute atomic E-state index is 6.01. The molecule has 0 unspecified atom stereocenters. The number of rotatable bonds is 2. The molecule has 0 bridgehead atoms. The predicted molar refractivity (Wildman–Crippen MR) is 99.3 cm³/mol. The van der Waals surface area contributed by atoms with Gasteiger partial charge in [-0.1, -0.05) is 11.3 Å². The Morgan fingerprint density at radius 2 is 2.04 bits per heavy atom. The van der Waals surface area contributed by atoms with Crippen LogP contribution in [0.15, 0.2) is 36.5 Å². The van der Waals surface area contributed by atoms with Gasteiger partial charge in [-0.25, -0.2) is 4.98 Å². The van der Waals surface area contributed by atoms with Crippen LogP contribution in [0.2, 0.25) is 0 Å². The highest BCUT2D eigenvalue weighted by molar-refractivity contribution is 5.82. The molecule has 2 N–H and O–H groups in total. The molecule has 26 heavy (non-hydrogen) atoms. The Morgan fingerprint density at radius 1 is 1.12 bits per heavy atom. The average molecular weight is 346 g/mol. The molecule has 5 rings (SSSR count). The molecular weight excluding hydrogens is 328 g/mol. The summed E-state index contributed by atoms with van der Waals surface area (Å²) in [5.74, 6) is 0.673. The molecule has 1 atom stereocenters. The molecule has 8 heteroatoms. The van der Waals surface area contributed by atoms with Crippen molar-refractivity contribution in [2.24, 2.45) is 5.73 Å². The highest BCUT2D eigenvalue weighted by Crippen LogP contribution is 2.22. The van der Waals surface area contributed by atoms with Crippen molar-refractivity contribution < 1.29 is 0 Å². The van der Waals surface area contributed by atoms with E-state index in [-0.39, 0.29) is 6.04 Å². The van der Waals surface area contributed by atoms with Gasteiger partial charge in [0.15, 0.2) is 11.2 Å². The van der Waals surface area contributed by atoms with Gasteiger partial charge < -0.3 is 10.6 Å². The second kappa shape index (κ2) is 5.70. The molecule has 0 saturated carbocycles. The zero-order valence-corrected chi connectivity index (χ0v) is 14.4. The molecule has 0 radical (unpaired) electrons. The molecule has 1 saturated heterocycles. The Hall–Kier alpha value is -3.13. The number of hydrogen-bond acceptors (Lipinski definition) is 7. The summed E-state index contributed by atoms with van der Waals surface area (Å²) in [5, 5.41) is 9.53. The molecule has 1 aromatic carbocycles. The van der Waals surface area contributed by atoms with Crippen molar-refractivity contribution in [1.82, 2.24) is 29.9 Å². The van der Waals surface area contributed by atoms with E-state index >= 15 is 0 Å². The van der Waals surface area contributed by atoms with Crippen LogP contribution in [0.4, 0.5) is 5.95 Å². The van der Waals surface area contributed by atoms with Crippen molar-refractivity contribution in [2.75, 3.05) is 18.0 Å². The van der Waals surface area contributed by atoms with Crippen molar-refractivity contribution in [1.29, 1.82) is 0 Å². The lowest BCUT2D eigenvalue weighted by Crippen LogP contribution is -2.27. The molecule has 0 aliphatic carbocycles. The Kier molecular flexibility index (Phi) is 3.32.